The van der Waals surface area contributed by atoms with Crippen molar-refractivity contribution < 1.29 is 14.4 Å². The number of nitrogens with one attached hydrogen (secondary N) is 2. The number of imide groups is 1. The molecule has 1 saturated heterocycles. The fourth-order valence-electron chi connectivity index (χ4n) is 4.09. The van der Waals surface area contributed by atoms with Gasteiger partial charge in [0.1, 0.15) is 6.54 Å². The summed E-state index contributed by atoms with van der Waals surface area (Å²) in [6, 6.07) is 18.0. The molecule has 1 unspecified atom stereocenters. The number of aryl methyl sites for hydroxylation is 2. The van der Waals surface area contributed by atoms with Gasteiger partial charge in [-0.15, -0.1) is 0 Å². The minimum Gasteiger partial charge on any atom is -0.321 e. The number of urea groups is 1. The van der Waals surface area contributed by atoms with Gasteiger partial charge >= 0.3 is 6.03 Å². The Bertz CT molecular complexity index is 1170. The number of rotatable bonds is 6. The molecule has 1 atom stereocenters. The summed E-state index contributed by atoms with van der Waals surface area (Å²) in [6.45, 7) is 3.24. The van der Waals surface area contributed by atoms with E-state index in [1.54, 1.807) is 18.7 Å². The predicted molar refractivity (Wildman–Crippen MR) is 120 cm³/mol. The third kappa shape index (κ3) is 3.75. The smallest absolute Gasteiger partial charge is 0.321 e. The first-order valence-electron chi connectivity index (χ1n) is 10.4. The van der Waals surface area contributed by atoms with Gasteiger partial charge in [-0.1, -0.05) is 60.7 Å². The Morgan fingerprint density at radius 2 is 1.66 bits per heavy atom. The number of carbonyl (C=O) groups excluding carboxylic acids is 3. The average molecular weight is 431 g/mol. The Morgan fingerprint density at radius 3 is 2.25 bits per heavy atom. The van der Waals surface area contributed by atoms with Crippen LogP contribution in [-0.2, 0) is 28.6 Å². The van der Waals surface area contributed by atoms with Crippen LogP contribution in [0.2, 0.25) is 0 Å². The van der Waals surface area contributed by atoms with E-state index in [1.807, 2.05) is 67.6 Å². The van der Waals surface area contributed by atoms with Gasteiger partial charge < -0.3 is 10.6 Å². The molecule has 1 aromatic heterocycles. The van der Waals surface area contributed by atoms with Crippen LogP contribution in [0, 0.1) is 13.8 Å². The van der Waals surface area contributed by atoms with Crippen molar-refractivity contribution in [3.63, 3.8) is 0 Å². The molecule has 2 N–H and O–H groups in total. The fourth-order valence-corrected chi connectivity index (χ4v) is 4.09. The van der Waals surface area contributed by atoms with Crippen molar-refractivity contribution in [1.82, 2.24) is 20.0 Å². The first-order chi connectivity index (χ1) is 15.3. The van der Waals surface area contributed by atoms with Gasteiger partial charge in [-0.2, -0.15) is 5.10 Å². The monoisotopic (exact) mass is 431 g/mol. The minimum atomic E-state index is -1.28. The largest absolute Gasteiger partial charge is 0.325 e. The van der Waals surface area contributed by atoms with E-state index in [0.29, 0.717) is 16.9 Å². The molecule has 1 fully saturated rings. The zero-order valence-corrected chi connectivity index (χ0v) is 18.3. The van der Waals surface area contributed by atoms with Gasteiger partial charge in [0.15, 0.2) is 5.54 Å². The summed E-state index contributed by atoms with van der Waals surface area (Å²) in [6.07, 6.45) is 0.279. The molecule has 0 saturated carbocycles. The van der Waals surface area contributed by atoms with Crippen LogP contribution in [0.5, 0.6) is 0 Å². The van der Waals surface area contributed by atoms with E-state index in [0.717, 1.165) is 16.2 Å². The lowest BCUT2D eigenvalue weighted by molar-refractivity contribution is -0.134. The first kappa shape index (κ1) is 21.3. The lowest BCUT2D eigenvalue weighted by Crippen LogP contribution is -2.46. The minimum absolute atomic E-state index is 0.279. The quantitative estimate of drug-likeness (QED) is 0.587. The molecular weight excluding hydrogens is 406 g/mol. The zero-order chi connectivity index (χ0) is 22.9. The predicted octanol–water partition coefficient (Wildman–Crippen LogP) is 2.67. The number of carbonyl (C=O) groups is 3. The molecule has 8 nitrogen and oxygen atoms in total. The van der Waals surface area contributed by atoms with Gasteiger partial charge in [0.05, 0.1) is 17.1 Å². The van der Waals surface area contributed by atoms with Crippen LogP contribution >= 0.6 is 0 Å². The third-order valence-corrected chi connectivity index (χ3v) is 5.83. The second-order valence-electron chi connectivity index (χ2n) is 7.97. The zero-order valence-electron chi connectivity index (χ0n) is 18.3. The Balaban J connectivity index is 1.61. The second-order valence-corrected chi connectivity index (χ2v) is 7.97. The summed E-state index contributed by atoms with van der Waals surface area (Å²) in [5, 5.41) is 9.93. The topological polar surface area (TPSA) is 96.3 Å². The van der Waals surface area contributed by atoms with E-state index >= 15 is 0 Å². The first-order valence-corrected chi connectivity index (χ1v) is 10.4. The van der Waals surface area contributed by atoms with Crippen molar-refractivity contribution in [2.45, 2.75) is 25.8 Å². The van der Waals surface area contributed by atoms with Gasteiger partial charge in [-0.3, -0.25) is 19.2 Å². The Morgan fingerprint density at radius 1 is 1.03 bits per heavy atom. The van der Waals surface area contributed by atoms with Gasteiger partial charge in [0.25, 0.3) is 5.91 Å². The number of hydrogen-bond donors (Lipinski definition) is 2. The van der Waals surface area contributed by atoms with Crippen LogP contribution in [0.25, 0.3) is 0 Å². The van der Waals surface area contributed by atoms with Crippen molar-refractivity contribution in [2.75, 3.05) is 11.9 Å². The highest BCUT2D eigenvalue weighted by molar-refractivity contribution is 6.10. The summed E-state index contributed by atoms with van der Waals surface area (Å²) < 4.78 is 1.67. The van der Waals surface area contributed by atoms with E-state index in [-0.39, 0.29) is 13.0 Å². The summed E-state index contributed by atoms with van der Waals surface area (Å²) in [4.78, 5) is 40.2. The van der Waals surface area contributed by atoms with Gasteiger partial charge in [-0.05, 0) is 25.0 Å². The van der Waals surface area contributed by atoms with Crippen LogP contribution < -0.4 is 10.6 Å². The van der Waals surface area contributed by atoms with E-state index in [4.69, 9.17) is 0 Å². The maximum Gasteiger partial charge on any atom is 0.325 e. The SMILES string of the molecule is Cc1nn(C)c(C)c1NC(=O)CN1C(=O)NC(Cc2ccccc2)(c2ccccc2)C1=O. The van der Waals surface area contributed by atoms with E-state index in [9.17, 15) is 14.4 Å². The second kappa shape index (κ2) is 8.30. The highest BCUT2D eigenvalue weighted by atomic mass is 16.2. The lowest BCUT2D eigenvalue weighted by Gasteiger charge is -2.27. The number of hydrogen-bond acceptors (Lipinski definition) is 4. The van der Waals surface area contributed by atoms with E-state index in [1.165, 1.54) is 0 Å². The molecule has 1 aliphatic heterocycles. The molecule has 32 heavy (non-hydrogen) atoms. The van der Waals surface area contributed by atoms with Gasteiger partial charge in [-0.25, -0.2) is 4.79 Å². The Hall–Kier alpha value is -3.94. The highest BCUT2D eigenvalue weighted by Crippen LogP contribution is 2.33. The Kier molecular flexibility index (Phi) is 5.52. The molecular formula is C24H25N5O3. The molecule has 0 spiro atoms. The van der Waals surface area contributed by atoms with Crippen molar-refractivity contribution in [3.05, 3.63) is 83.2 Å². The molecule has 3 aromatic rings. The molecule has 4 amide bonds. The molecule has 4 rings (SSSR count). The van der Waals surface area contributed by atoms with Crippen molar-refractivity contribution >= 4 is 23.5 Å². The van der Waals surface area contributed by atoms with Crippen molar-refractivity contribution in [3.8, 4) is 0 Å². The van der Waals surface area contributed by atoms with Crippen LogP contribution in [-0.4, -0.2) is 39.1 Å². The lowest BCUT2D eigenvalue weighted by atomic mass is 9.83. The van der Waals surface area contributed by atoms with Crippen LogP contribution in [0.15, 0.2) is 60.7 Å². The molecule has 1 aliphatic rings. The van der Waals surface area contributed by atoms with E-state index in [2.05, 4.69) is 15.7 Å². The van der Waals surface area contributed by atoms with Crippen LogP contribution in [0.3, 0.4) is 0 Å². The fraction of sp³-hybridized carbons (Fsp3) is 0.250. The molecule has 0 radical (unpaired) electrons. The number of aromatic nitrogens is 2. The molecule has 2 aromatic carbocycles. The Labute approximate surface area is 186 Å². The third-order valence-electron chi connectivity index (χ3n) is 5.83. The normalized spacial score (nSPS) is 18.0. The maximum atomic E-state index is 13.6. The van der Waals surface area contributed by atoms with E-state index < -0.39 is 23.4 Å². The summed E-state index contributed by atoms with van der Waals surface area (Å²) in [5.41, 5.74) is 2.33. The maximum absolute atomic E-state index is 13.6. The van der Waals surface area contributed by atoms with Gasteiger partial charge in [0, 0.05) is 13.5 Å². The number of nitrogens with zero attached hydrogens (tertiary/aromatic N) is 3. The van der Waals surface area contributed by atoms with Crippen molar-refractivity contribution in [2.24, 2.45) is 7.05 Å². The number of benzene rings is 2. The van der Waals surface area contributed by atoms with Crippen LogP contribution in [0.1, 0.15) is 22.5 Å². The highest BCUT2D eigenvalue weighted by Gasteiger charge is 2.52. The molecule has 0 aliphatic carbocycles. The molecule has 2 heterocycles. The van der Waals surface area contributed by atoms with Crippen molar-refractivity contribution in [1.29, 1.82) is 0 Å². The summed E-state index contributed by atoms with van der Waals surface area (Å²) in [5.74, 6) is -0.913. The summed E-state index contributed by atoms with van der Waals surface area (Å²) >= 11 is 0. The summed E-state index contributed by atoms with van der Waals surface area (Å²) in [7, 11) is 1.78. The number of amides is 4. The standard InChI is InChI=1S/C24H25N5O3/c1-16-21(17(2)28(3)27-16)25-20(30)15-29-22(31)24(26-23(29)32,19-12-8-5-9-13-19)14-18-10-6-4-7-11-18/h4-13H,14-15H2,1-3H3,(H,25,30)(H,26,32). The average Bonchev–Trinajstić information content (AvgIpc) is 3.17. The molecule has 164 valence electrons. The molecule has 8 heteroatoms. The van der Waals surface area contributed by atoms with Gasteiger partial charge in [0.2, 0.25) is 5.91 Å². The van der Waals surface area contributed by atoms with Crippen LogP contribution in [0.4, 0.5) is 10.5 Å². The number of anilines is 1. The molecule has 0 bridgehead atoms.